The molecule has 1 aliphatic heterocycles. The van der Waals surface area contributed by atoms with Crippen molar-refractivity contribution in [3.8, 4) is 0 Å². The molecule has 1 aromatic carbocycles. The molecule has 1 saturated heterocycles. The van der Waals surface area contributed by atoms with Crippen LogP contribution in [0.1, 0.15) is 5.56 Å². The Hall–Kier alpha value is -2.31. The van der Waals surface area contributed by atoms with Crippen molar-refractivity contribution >= 4 is 29.1 Å². The van der Waals surface area contributed by atoms with Gasteiger partial charge in [-0.2, -0.15) is 0 Å². The third-order valence-electron chi connectivity index (χ3n) is 4.17. The van der Waals surface area contributed by atoms with E-state index in [0.717, 1.165) is 37.6 Å². The maximum absolute atomic E-state index is 11.9. The summed E-state index contributed by atoms with van der Waals surface area (Å²) in [5.41, 5.74) is 1.62. The molecule has 132 valence electrons. The molecule has 1 fully saturated rings. The summed E-state index contributed by atoms with van der Waals surface area (Å²) in [5.74, 6) is 0.986. The number of hydrogen-bond donors (Lipinski definition) is 2. The first kappa shape index (κ1) is 17.5. The molecule has 0 unspecified atom stereocenters. The fourth-order valence-electron chi connectivity index (χ4n) is 2.67. The molecule has 2 aromatic rings. The van der Waals surface area contributed by atoms with Gasteiger partial charge in [0.05, 0.1) is 0 Å². The lowest BCUT2D eigenvalue weighted by atomic mass is 10.2. The predicted molar refractivity (Wildman–Crippen MR) is 101 cm³/mol. The molecular formula is C18H22ClN5O. The lowest BCUT2D eigenvalue weighted by Gasteiger charge is -2.33. The molecule has 3 rings (SSSR count). The number of rotatable bonds is 4. The number of hydrogen-bond acceptors (Lipinski definition) is 4. The number of urea groups is 1. The molecule has 1 aliphatic rings. The van der Waals surface area contributed by atoms with Crippen LogP contribution in [-0.2, 0) is 6.54 Å². The van der Waals surface area contributed by atoms with Crippen LogP contribution in [0, 0.1) is 0 Å². The number of carbonyl (C=O) groups excluding carboxylic acids is 1. The van der Waals surface area contributed by atoms with Gasteiger partial charge in [-0.1, -0.05) is 23.7 Å². The van der Waals surface area contributed by atoms with Gasteiger partial charge in [0.25, 0.3) is 0 Å². The van der Waals surface area contributed by atoms with Gasteiger partial charge in [-0.25, -0.2) is 9.78 Å². The molecule has 0 saturated carbocycles. The average molecular weight is 360 g/mol. The van der Waals surface area contributed by atoms with Crippen LogP contribution >= 0.6 is 11.6 Å². The Bertz CT molecular complexity index is 714. The smallest absolute Gasteiger partial charge is 0.319 e. The Morgan fingerprint density at radius 3 is 2.68 bits per heavy atom. The molecule has 1 aromatic heterocycles. The third-order valence-corrected chi connectivity index (χ3v) is 4.41. The van der Waals surface area contributed by atoms with E-state index in [1.165, 1.54) is 0 Å². The molecule has 25 heavy (non-hydrogen) atoms. The lowest BCUT2D eigenvalue weighted by Crippen LogP contribution is -2.44. The number of nitrogens with one attached hydrogen (secondary N) is 2. The van der Waals surface area contributed by atoms with E-state index in [-0.39, 0.29) is 6.03 Å². The van der Waals surface area contributed by atoms with Crippen LogP contribution in [0.5, 0.6) is 0 Å². The van der Waals surface area contributed by atoms with Gasteiger partial charge in [-0.15, -0.1) is 0 Å². The number of likely N-dealkylation sites (N-methyl/N-ethyl adjacent to an activating group) is 1. The highest BCUT2D eigenvalue weighted by Gasteiger charge is 2.14. The molecular weight excluding hydrogens is 338 g/mol. The van der Waals surface area contributed by atoms with E-state index < -0.39 is 0 Å². The van der Waals surface area contributed by atoms with Crippen LogP contribution in [0.15, 0.2) is 42.6 Å². The van der Waals surface area contributed by atoms with E-state index in [1.807, 2.05) is 18.3 Å². The number of benzene rings is 1. The molecule has 2 N–H and O–H groups in total. The highest BCUT2D eigenvalue weighted by molar-refractivity contribution is 6.30. The summed E-state index contributed by atoms with van der Waals surface area (Å²) in [6.45, 7) is 4.50. The second-order valence-electron chi connectivity index (χ2n) is 6.13. The van der Waals surface area contributed by atoms with Gasteiger partial charge in [0, 0.05) is 49.6 Å². The van der Waals surface area contributed by atoms with Gasteiger partial charge in [-0.3, -0.25) is 0 Å². The van der Waals surface area contributed by atoms with Crippen molar-refractivity contribution in [2.75, 3.05) is 43.4 Å². The van der Waals surface area contributed by atoms with Crippen molar-refractivity contribution in [2.45, 2.75) is 6.54 Å². The number of aromatic nitrogens is 1. The van der Waals surface area contributed by atoms with Crippen LogP contribution in [0.2, 0.25) is 5.02 Å². The number of nitrogens with zero attached hydrogens (tertiary/aromatic N) is 3. The molecule has 6 nitrogen and oxygen atoms in total. The summed E-state index contributed by atoms with van der Waals surface area (Å²) in [7, 11) is 2.13. The Morgan fingerprint density at radius 1 is 1.20 bits per heavy atom. The summed E-state index contributed by atoms with van der Waals surface area (Å²) in [4.78, 5) is 21.1. The number of halogens is 1. The van der Waals surface area contributed by atoms with Crippen LogP contribution in [0.3, 0.4) is 0 Å². The highest BCUT2D eigenvalue weighted by atomic mass is 35.5. The van der Waals surface area contributed by atoms with Gasteiger partial charge in [0.2, 0.25) is 0 Å². The summed E-state index contributed by atoms with van der Waals surface area (Å²) in [5, 5.41) is 6.16. The first-order valence-corrected chi connectivity index (χ1v) is 8.67. The molecule has 7 heteroatoms. The third kappa shape index (κ3) is 5.08. The largest absolute Gasteiger partial charge is 0.354 e. The number of carbonyl (C=O) groups is 1. The van der Waals surface area contributed by atoms with Crippen molar-refractivity contribution in [1.29, 1.82) is 0 Å². The van der Waals surface area contributed by atoms with E-state index in [0.29, 0.717) is 17.3 Å². The average Bonchev–Trinajstić information content (AvgIpc) is 2.61. The summed E-state index contributed by atoms with van der Waals surface area (Å²) >= 11 is 5.90. The highest BCUT2D eigenvalue weighted by Crippen LogP contribution is 2.15. The Kier molecular flexibility index (Phi) is 5.73. The van der Waals surface area contributed by atoms with Gasteiger partial charge < -0.3 is 20.4 Å². The number of amides is 2. The van der Waals surface area contributed by atoms with E-state index in [4.69, 9.17) is 11.6 Å². The normalized spacial score (nSPS) is 15.0. The summed E-state index contributed by atoms with van der Waals surface area (Å²) in [6.07, 6.45) is 1.81. The second kappa shape index (κ2) is 8.18. The van der Waals surface area contributed by atoms with Crippen molar-refractivity contribution in [2.24, 2.45) is 0 Å². The van der Waals surface area contributed by atoms with Gasteiger partial charge >= 0.3 is 6.03 Å². The number of piperazine rings is 1. The molecule has 0 radical (unpaired) electrons. The van der Waals surface area contributed by atoms with E-state index >= 15 is 0 Å². The van der Waals surface area contributed by atoms with E-state index in [9.17, 15) is 4.79 Å². The monoisotopic (exact) mass is 359 g/mol. The summed E-state index contributed by atoms with van der Waals surface area (Å²) in [6, 6.07) is 10.8. The first-order valence-electron chi connectivity index (χ1n) is 8.29. The molecule has 2 amide bonds. The number of pyridine rings is 1. The van der Waals surface area contributed by atoms with Crippen molar-refractivity contribution < 1.29 is 4.79 Å². The quantitative estimate of drug-likeness (QED) is 0.881. The Balaban J connectivity index is 1.49. The molecule has 0 aliphatic carbocycles. The minimum Gasteiger partial charge on any atom is -0.354 e. The van der Waals surface area contributed by atoms with Gasteiger partial charge in [0.1, 0.15) is 5.82 Å². The Labute approximate surface area is 152 Å². The first-order chi connectivity index (χ1) is 12.1. The molecule has 2 heterocycles. The van der Waals surface area contributed by atoms with Crippen molar-refractivity contribution in [3.63, 3.8) is 0 Å². The second-order valence-corrected chi connectivity index (χ2v) is 6.57. The Morgan fingerprint density at radius 2 is 2.00 bits per heavy atom. The zero-order valence-corrected chi connectivity index (χ0v) is 15.0. The standard InChI is InChI=1S/C18H22ClN5O/c1-23-7-9-24(10-8-23)17-6-5-14(12-20-17)13-21-18(25)22-16-4-2-3-15(19)11-16/h2-6,11-12H,7-10,13H2,1H3,(H2,21,22,25). The molecule has 0 bridgehead atoms. The van der Waals surface area contributed by atoms with Crippen LogP contribution in [0.25, 0.3) is 0 Å². The maximum Gasteiger partial charge on any atom is 0.319 e. The van der Waals surface area contributed by atoms with Crippen molar-refractivity contribution in [1.82, 2.24) is 15.2 Å². The fourth-order valence-corrected chi connectivity index (χ4v) is 2.86. The number of anilines is 2. The van der Waals surface area contributed by atoms with E-state index in [1.54, 1.807) is 24.3 Å². The maximum atomic E-state index is 11.9. The van der Waals surface area contributed by atoms with E-state index in [2.05, 4.69) is 32.5 Å². The van der Waals surface area contributed by atoms with Crippen LogP contribution < -0.4 is 15.5 Å². The minimum atomic E-state index is -0.273. The lowest BCUT2D eigenvalue weighted by molar-refractivity contribution is 0.251. The minimum absolute atomic E-state index is 0.273. The fraction of sp³-hybridized carbons (Fsp3) is 0.333. The zero-order valence-electron chi connectivity index (χ0n) is 14.2. The summed E-state index contributed by atoms with van der Waals surface area (Å²) < 4.78 is 0. The molecule has 0 spiro atoms. The SMILES string of the molecule is CN1CCN(c2ccc(CNC(=O)Nc3cccc(Cl)c3)cn2)CC1. The zero-order chi connectivity index (χ0) is 17.6. The van der Waals surface area contributed by atoms with Crippen molar-refractivity contribution in [3.05, 3.63) is 53.2 Å². The molecule has 0 atom stereocenters. The van der Waals surface area contributed by atoms with Gasteiger partial charge in [-0.05, 0) is 36.9 Å². The topological polar surface area (TPSA) is 60.5 Å². The van der Waals surface area contributed by atoms with Crippen LogP contribution in [-0.4, -0.2) is 49.1 Å². The van der Waals surface area contributed by atoms with Gasteiger partial charge in [0.15, 0.2) is 0 Å². The predicted octanol–water partition coefficient (Wildman–Crippen LogP) is 2.81. The van der Waals surface area contributed by atoms with Crippen LogP contribution in [0.4, 0.5) is 16.3 Å².